The van der Waals surface area contributed by atoms with Crippen LogP contribution in [0, 0.1) is 10.1 Å². The molecule has 0 aliphatic rings. The summed E-state index contributed by atoms with van der Waals surface area (Å²) < 4.78 is 33.4. The number of rotatable bonds is 8. The van der Waals surface area contributed by atoms with Gasteiger partial charge in [0.25, 0.3) is 5.69 Å². The minimum atomic E-state index is -3.91. The van der Waals surface area contributed by atoms with Crippen LogP contribution < -0.4 is 9.46 Å². The molecule has 0 fully saturated rings. The molecule has 0 aliphatic carbocycles. The molecular weight excluding hydrogens is 462 g/mol. The standard InChI is InChI=1S/C22H19N5O6S/c1-33-15-6-4-5-14(11-15)13-23-34(31,32)16-9-10-18-17(12-16)21(22(28)24-18)26-25-19-7-2-3-8-20(19)27(29)30/h2-12,23-24,28H,13H2,1H3. The third-order valence-corrected chi connectivity index (χ3v) is 6.37. The third kappa shape index (κ3) is 4.72. The number of hydrogen-bond donors (Lipinski definition) is 3. The van der Waals surface area contributed by atoms with E-state index in [4.69, 9.17) is 4.74 Å². The molecule has 0 unspecified atom stereocenters. The molecule has 4 aromatic rings. The second-order valence-corrected chi connectivity index (χ2v) is 8.92. The summed E-state index contributed by atoms with van der Waals surface area (Å²) in [4.78, 5) is 13.2. The Kier molecular flexibility index (Phi) is 6.25. The van der Waals surface area contributed by atoms with E-state index in [9.17, 15) is 23.6 Å². The normalized spacial score (nSPS) is 11.8. The largest absolute Gasteiger partial charge is 0.497 e. The van der Waals surface area contributed by atoms with E-state index in [0.717, 1.165) is 0 Å². The number of benzene rings is 3. The summed E-state index contributed by atoms with van der Waals surface area (Å²) in [5.41, 5.74) is 0.821. The van der Waals surface area contributed by atoms with Crippen LogP contribution in [0.15, 0.2) is 81.9 Å². The summed E-state index contributed by atoms with van der Waals surface area (Å²) in [6.45, 7) is 0.0419. The van der Waals surface area contributed by atoms with Crippen molar-refractivity contribution in [1.82, 2.24) is 9.71 Å². The van der Waals surface area contributed by atoms with Crippen LogP contribution in [0.2, 0.25) is 0 Å². The molecule has 4 rings (SSSR count). The van der Waals surface area contributed by atoms with Crippen LogP contribution in [0.25, 0.3) is 10.9 Å². The van der Waals surface area contributed by atoms with Gasteiger partial charge in [-0.25, -0.2) is 13.1 Å². The number of H-pyrrole nitrogens is 1. The number of azo groups is 1. The highest BCUT2D eigenvalue weighted by atomic mass is 32.2. The number of aromatic nitrogens is 1. The van der Waals surface area contributed by atoms with Crippen molar-refractivity contribution in [2.24, 2.45) is 10.2 Å². The second kappa shape index (κ2) is 9.29. The maximum Gasteiger partial charge on any atom is 0.296 e. The number of nitrogens with one attached hydrogen (secondary N) is 2. The monoisotopic (exact) mass is 481 g/mol. The number of fused-ring (bicyclic) bond motifs is 1. The van der Waals surface area contributed by atoms with E-state index in [1.807, 2.05) is 0 Å². The first-order valence-electron chi connectivity index (χ1n) is 9.91. The number of methoxy groups -OCH3 is 1. The summed E-state index contributed by atoms with van der Waals surface area (Å²) in [7, 11) is -2.39. The summed E-state index contributed by atoms with van der Waals surface area (Å²) in [5.74, 6) is 0.255. The van der Waals surface area contributed by atoms with Gasteiger partial charge in [-0.2, -0.15) is 0 Å². The minimum absolute atomic E-state index is 0.00928. The predicted molar refractivity (Wildman–Crippen MR) is 124 cm³/mol. The number of nitrogens with zero attached hydrogens (tertiary/aromatic N) is 3. The molecule has 3 N–H and O–H groups in total. The number of para-hydroxylation sites is 1. The van der Waals surface area contributed by atoms with Crippen molar-refractivity contribution in [3.8, 4) is 11.6 Å². The second-order valence-electron chi connectivity index (χ2n) is 7.15. The van der Waals surface area contributed by atoms with Crippen molar-refractivity contribution in [1.29, 1.82) is 0 Å². The Morgan fingerprint density at radius 2 is 1.88 bits per heavy atom. The van der Waals surface area contributed by atoms with Gasteiger partial charge in [-0.15, -0.1) is 10.2 Å². The fraction of sp³-hybridized carbons (Fsp3) is 0.0909. The van der Waals surface area contributed by atoms with E-state index in [2.05, 4.69) is 19.9 Å². The molecule has 0 saturated carbocycles. The lowest BCUT2D eigenvalue weighted by Crippen LogP contribution is -2.23. The van der Waals surface area contributed by atoms with Crippen molar-refractivity contribution in [3.63, 3.8) is 0 Å². The van der Waals surface area contributed by atoms with Crippen LogP contribution in [0.3, 0.4) is 0 Å². The van der Waals surface area contributed by atoms with Gasteiger partial charge >= 0.3 is 0 Å². The van der Waals surface area contributed by atoms with Crippen molar-refractivity contribution in [2.45, 2.75) is 11.4 Å². The van der Waals surface area contributed by atoms with Crippen molar-refractivity contribution < 1.29 is 23.2 Å². The lowest BCUT2D eigenvalue weighted by Gasteiger charge is -2.08. The fourth-order valence-corrected chi connectivity index (χ4v) is 4.31. The number of ether oxygens (including phenoxy) is 1. The van der Waals surface area contributed by atoms with E-state index >= 15 is 0 Å². The number of aromatic amines is 1. The molecule has 0 atom stereocenters. The number of nitro groups is 1. The molecule has 0 radical (unpaired) electrons. The molecule has 0 amide bonds. The van der Waals surface area contributed by atoms with E-state index in [0.29, 0.717) is 16.8 Å². The summed E-state index contributed by atoms with van der Waals surface area (Å²) in [6.07, 6.45) is 0. The summed E-state index contributed by atoms with van der Waals surface area (Å²) in [5, 5.41) is 29.6. The minimum Gasteiger partial charge on any atom is -0.497 e. The average molecular weight is 481 g/mol. The molecule has 34 heavy (non-hydrogen) atoms. The number of hydrogen-bond acceptors (Lipinski definition) is 8. The van der Waals surface area contributed by atoms with Gasteiger partial charge in [0.2, 0.25) is 15.9 Å². The first-order chi connectivity index (χ1) is 16.3. The Morgan fingerprint density at radius 3 is 2.65 bits per heavy atom. The van der Waals surface area contributed by atoms with E-state index in [1.165, 1.54) is 43.5 Å². The molecule has 0 bridgehead atoms. The number of sulfonamides is 1. The average Bonchev–Trinajstić information content (AvgIpc) is 3.15. The van der Waals surface area contributed by atoms with Gasteiger partial charge in [-0.05, 0) is 42.0 Å². The Labute approximate surface area is 193 Å². The van der Waals surface area contributed by atoms with E-state index < -0.39 is 14.9 Å². The zero-order valence-electron chi connectivity index (χ0n) is 17.8. The molecule has 1 heterocycles. The van der Waals surface area contributed by atoms with Crippen molar-refractivity contribution >= 4 is 38.0 Å². The highest BCUT2D eigenvalue weighted by Crippen LogP contribution is 2.38. The Hall–Kier alpha value is -4.29. The molecular formula is C22H19N5O6S. The maximum atomic E-state index is 12.9. The van der Waals surface area contributed by atoms with Crippen molar-refractivity contribution in [3.05, 3.63) is 82.4 Å². The lowest BCUT2D eigenvalue weighted by molar-refractivity contribution is -0.384. The van der Waals surface area contributed by atoms with Crippen molar-refractivity contribution in [2.75, 3.05) is 7.11 Å². The SMILES string of the molecule is COc1cccc(CNS(=O)(=O)c2ccc3[nH]c(O)c(N=Nc4ccccc4[N+](=O)[O-])c3c2)c1. The molecule has 174 valence electrons. The van der Waals surface area contributed by atoms with Crippen LogP contribution >= 0.6 is 0 Å². The quantitative estimate of drug-likeness (QED) is 0.188. The Morgan fingerprint density at radius 1 is 1.09 bits per heavy atom. The molecule has 0 saturated heterocycles. The van der Waals surface area contributed by atoms with Crippen LogP contribution in [0.4, 0.5) is 17.1 Å². The van der Waals surface area contributed by atoms with Crippen LogP contribution in [-0.2, 0) is 16.6 Å². The molecule has 3 aromatic carbocycles. The van der Waals surface area contributed by atoms with Gasteiger partial charge in [0.1, 0.15) is 5.75 Å². The van der Waals surface area contributed by atoms with Crippen LogP contribution in [0.1, 0.15) is 5.56 Å². The van der Waals surface area contributed by atoms with Gasteiger partial charge in [0.15, 0.2) is 11.4 Å². The highest BCUT2D eigenvalue weighted by molar-refractivity contribution is 7.89. The lowest BCUT2D eigenvalue weighted by atomic mass is 10.2. The Bertz CT molecular complexity index is 1510. The molecule has 12 heteroatoms. The van der Waals surface area contributed by atoms with Gasteiger partial charge < -0.3 is 14.8 Å². The Balaban J connectivity index is 1.65. The van der Waals surface area contributed by atoms with Gasteiger partial charge in [-0.1, -0.05) is 24.3 Å². The molecule has 11 nitrogen and oxygen atoms in total. The third-order valence-electron chi connectivity index (χ3n) is 4.97. The van der Waals surface area contributed by atoms with Crippen LogP contribution in [0.5, 0.6) is 11.6 Å². The van der Waals surface area contributed by atoms with Gasteiger partial charge in [0, 0.05) is 18.0 Å². The van der Waals surface area contributed by atoms with Crippen LogP contribution in [-0.4, -0.2) is 30.5 Å². The van der Waals surface area contributed by atoms with Gasteiger partial charge in [0.05, 0.1) is 22.4 Å². The molecule has 0 aliphatic heterocycles. The highest BCUT2D eigenvalue weighted by Gasteiger charge is 2.19. The molecule has 1 aromatic heterocycles. The van der Waals surface area contributed by atoms with Gasteiger partial charge in [-0.3, -0.25) is 10.1 Å². The fourth-order valence-electron chi connectivity index (χ4n) is 3.26. The first kappa shape index (κ1) is 22.9. The zero-order valence-corrected chi connectivity index (χ0v) is 18.6. The number of aromatic hydroxyl groups is 1. The summed E-state index contributed by atoms with van der Waals surface area (Å²) >= 11 is 0. The first-order valence-corrected chi connectivity index (χ1v) is 11.4. The van der Waals surface area contributed by atoms with E-state index in [-0.39, 0.29) is 39.8 Å². The zero-order chi connectivity index (χ0) is 24.3. The van der Waals surface area contributed by atoms with E-state index in [1.54, 1.807) is 30.3 Å². The smallest absolute Gasteiger partial charge is 0.296 e. The topological polar surface area (TPSA) is 159 Å². The summed E-state index contributed by atoms with van der Waals surface area (Å²) in [6, 6.07) is 17.0. The number of nitro benzene ring substituents is 1. The predicted octanol–water partition coefficient (Wildman–Crippen LogP) is 4.68. The maximum absolute atomic E-state index is 12.9. The molecule has 0 spiro atoms.